The van der Waals surface area contributed by atoms with E-state index in [2.05, 4.69) is 39.1 Å². The quantitative estimate of drug-likeness (QED) is 0.499. The van der Waals surface area contributed by atoms with E-state index in [1.54, 1.807) is 18.3 Å². The molecule has 0 bridgehead atoms. The van der Waals surface area contributed by atoms with Crippen molar-refractivity contribution in [2.24, 2.45) is 0 Å². The zero-order valence-corrected chi connectivity index (χ0v) is 21.6. The third-order valence-electron chi connectivity index (χ3n) is 6.66. The lowest BCUT2D eigenvalue weighted by atomic mass is 10.0. The predicted molar refractivity (Wildman–Crippen MR) is 141 cm³/mol. The molecule has 1 aliphatic carbocycles. The number of benzene rings is 1. The number of piperazine rings is 1. The summed E-state index contributed by atoms with van der Waals surface area (Å²) in [5.74, 6) is 2.13. The van der Waals surface area contributed by atoms with Crippen LogP contribution in [-0.2, 0) is 20.8 Å². The van der Waals surface area contributed by atoms with Gasteiger partial charge < -0.3 is 23.8 Å². The van der Waals surface area contributed by atoms with E-state index < -0.39 is 0 Å². The van der Waals surface area contributed by atoms with Crippen LogP contribution in [0.25, 0.3) is 0 Å². The van der Waals surface area contributed by atoms with Crippen molar-refractivity contribution in [1.82, 2.24) is 9.88 Å². The van der Waals surface area contributed by atoms with Gasteiger partial charge >= 0.3 is 5.97 Å². The van der Waals surface area contributed by atoms with Gasteiger partial charge in [0, 0.05) is 44.5 Å². The van der Waals surface area contributed by atoms with Gasteiger partial charge in [0.25, 0.3) is 0 Å². The van der Waals surface area contributed by atoms with Crippen LogP contribution in [0, 0.1) is 0 Å². The molecule has 1 atom stereocenters. The van der Waals surface area contributed by atoms with Crippen molar-refractivity contribution in [3.05, 3.63) is 77.2 Å². The first-order chi connectivity index (χ1) is 18.1. The number of hydrogen-bond acceptors (Lipinski definition) is 8. The molecule has 2 aliphatic heterocycles. The minimum Gasteiger partial charge on any atom is -0.492 e. The Morgan fingerprint density at radius 2 is 2.00 bits per heavy atom. The molecule has 0 radical (unpaired) electrons. The monoisotopic (exact) mass is 505 g/mol. The van der Waals surface area contributed by atoms with Crippen LogP contribution in [0.2, 0.25) is 0 Å². The maximum absolute atomic E-state index is 12.5. The molecule has 0 spiro atoms. The Hall–Kier alpha value is -3.36. The molecular weight excluding hydrogens is 470 g/mol. The summed E-state index contributed by atoms with van der Waals surface area (Å²) < 4.78 is 23.2. The van der Waals surface area contributed by atoms with Gasteiger partial charge in [-0.1, -0.05) is 24.3 Å². The Balaban J connectivity index is 1.16. The largest absolute Gasteiger partial charge is 0.492 e. The van der Waals surface area contributed by atoms with Gasteiger partial charge in [0.2, 0.25) is 0 Å². The van der Waals surface area contributed by atoms with Crippen LogP contribution in [0.15, 0.2) is 66.1 Å². The highest BCUT2D eigenvalue weighted by atomic mass is 16.6. The maximum Gasteiger partial charge on any atom is 0.342 e. The van der Waals surface area contributed by atoms with Crippen molar-refractivity contribution in [1.29, 1.82) is 0 Å². The Morgan fingerprint density at radius 3 is 2.84 bits per heavy atom. The van der Waals surface area contributed by atoms with Gasteiger partial charge in [-0.3, -0.25) is 4.90 Å². The second-order valence-electron chi connectivity index (χ2n) is 9.76. The highest BCUT2D eigenvalue weighted by molar-refractivity contribution is 5.94. The topological polar surface area (TPSA) is 73.4 Å². The lowest BCUT2D eigenvalue weighted by molar-refractivity contribution is -0.0436. The van der Waals surface area contributed by atoms with Crippen molar-refractivity contribution in [3.63, 3.8) is 0 Å². The second kappa shape index (κ2) is 11.8. The van der Waals surface area contributed by atoms with Crippen LogP contribution >= 0.6 is 0 Å². The van der Waals surface area contributed by atoms with Crippen LogP contribution < -0.4 is 9.64 Å². The first-order valence-electron chi connectivity index (χ1n) is 13.1. The van der Waals surface area contributed by atoms with Gasteiger partial charge in [0.05, 0.1) is 12.7 Å². The van der Waals surface area contributed by atoms with Gasteiger partial charge in [0.1, 0.15) is 42.2 Å². The van der Waals surface area contributed by atoms with E-state index >= 15 is 0 Å². The molecule has 1 aromatic heterocycles. The summed E-state index contributed by atoms with van der Waals surface area (Å²) in [7, 11) is 0. The molecule has 0 amide bonds. The smallest absolute Gasteiger partial charge is 0.342 e. The summed E-state index contributed by atoms with van der Waals surface area (Å²) in [4.78, 5) is 21.6. The highest BCUT2D eigenvalue weighted by Crippen LogP contribution is 2.27. The third kappa shape index (κ3) is 6.32. The van der Waals surface area contributed by atoms with Crippen molar-refractivity contribution < 1.29 is 23.7 Å². The van der Waals surface area contributed by atoms with Gasteiger partial charge in [-0.25, -0.2) is 9.78 Å². The SMILES string of the molecule is CC(C)OC(=O)c1cccnc1N1CCN(Cc2cccc(OCC3=C4OCCOC4CC=C3)c2)CC1. The van der Waals surface area contributed by atoms with E-state index in [4.69, 9.17) is 18.9 Å². The first kappa shape index (κ1) is 25.3. The fourth-order valence-electron chi connectivity index (χ4n) is 4.88. The number of nitrogens with zero attached hydrogens (tertiary/aromatic N) is 3. The van der Waals surface area contributed by atoms with E-state index in [9.17, 15) is 4.79 Å². The normalized spacial score (nSPS) is 20.0. The number of anilines is 1. The molecular formula is C29H35N3O5. The highest BCUT2D eigenvalue weighted by Gasteiger charge is 2.26. The minimum atomic E-state index is -0.323. The van der Waals surface area contributed by atoms with E-state index in [0.29, 0.717) is 31.2 Å². The van der Waals surface area contributed by atoms with E-state index in [1.165, 1.54) is 5.56 Å². The number of hydrogen-bond donors (Lipinski definition) is 0. The molecule has 5 rings (SSSR count). The Labute approximate surface area is 218 Å². The van der Waals surface area contributed by atoms with Crippen LogP contribution in [0.4, 0.5) is 5.82 Å². The minimum absolute atomic E-state index is 0.0189. The van der Waals surface area contributed by atoms with E-state index in [0.717, 1.165) is 56.2 Å². The molecule has 2 fully saturated rings. The molecule has 3 aliphatic rings. The molecule has 1 aromatic carbocycles. The lowest BCUT2D eigenvalue weighted by Crippen LogP contribution is -2.46. The first-order valence-corrected chi connectivity index (χ1v) is 13.1. The number of esters is 1. The van der Waals surface area contributed by atoms with Gasteiger partial charge in [-0.15, -0.1) is 0 Å². The van der Waals surface area contributed by atoms with Crippen molar-refractivity contribution in [2.45, 2.75) is 39.0 Å². The average molecular weight is 506 g/mol. The fourth-order valence-corrected chi connectivity index (χ4v) is 4.88. The molecule has 2 saturated heterocycles. The van der Waals surface area contributed by atoms with Gasteiger partial charge in [-0.05, 0) is 50.1 Å². The molecule has 3 heterocycles. The number of aromatic nitrogens is 1. The lowest BCUT2D eigenvalue weighted by Gasteiger charge is -2.36. The van der Waals surface area contributed by atoms with Crippen molar-refractivity contribution in [3.8, 4) is 5.75 Å². The Bertz CT molecular complexity index is 1150. The number of rotatable bonds is 8. The van der Waals surface area contributed by atoms with Crippen molar-refractivity contribution >= 4 is 11.8 Å². The fraction of sp³-hybridized carbons (Fsp3) is 0.448. The van der Waals surface area contributed by atoms with Crippen LogP contribution in [0.3, 0.4) is 0 Å². The molecule has 37 heavy (non-hydrogen) atoms. The summed E-state index contributed by atoms with van der Waals surface area (Å²) in [5.41, 5.74) is 2.77. The summed E-state index contributed by atoms with van der Waals surface area (Å²) in [6, 6.07) is 11.8. The van der Waals surface area contributed by atoms with Gasteiger partial charge in [-0.2, -0.15) is 0 Å². The second-order valence-corrected chi connectivity index (χ2v) is 9.76. The average Bonchev–Trinajstić information content (AvgIpc) is 2.92. The van der Waals surface area contributed by atoms with Crippen LogP contribution in [0.1, 0.15) is 36.2 Å². The predicted octanol–water partition coefficient (Wildman–Crippen LogP) is 3.98. The standard InChI is InChI=1S/C29H35N3O5/c1-21(2)37-29(33)25-9-5-11-30-28(25)32-14-12-31(13-15-32)19-22-6-3-8-24(18-22)36-20-23-7-4-10-26-27(23)35-17-16-34-26/h3-9,11,18,21,26H,10,12-17,19-20H2,1-2H3. The molecule has 1 unspecified atom stereocenters. The van der Waals surface area contributed by atoms with Crippen LogP contribution in [-0.4, -0.2) is 74.1 Å². The summed E-state index contributed by atoms with van der Waals surface area (Å²) in [6.07, 6.45) is 6.64. The van der Waals surface area contributed by atoms with Gasteiger partial charge in [0.15, 0.2) is 0 Å². The number of fused-ring (bicyclic) bond motifs is 1. The number of carbonyl (C=O) groups excluding carboxylic acids is 1. The van der Waals surface area contributed by atoms with Crippen molar-refractivity contribution in [2.75, 3.05) is 50.9 Å². The molecule has 8 nitrogen and oxygen atoms in total. The van der Waals surface area contributed by atoms with E-state index in [1.807, 2.05) is 26.0 Å². The molecule has 0 saturated carbocycles. The Kier molecular flexibility index (Phi) is 8.06. The molecule has 2 aromatic rings. The molecule has 0 N–H and O–H groups in total. The maximum atomic E-state index is 12.5. The Morgan fingerprint density at radius 1 is 1.14 bits per heavy atom. The van der Waals surface area contributed by atoms with Crippen LogP contribution in [0.5, 0.6) is 5.75 Å². The number of pyridine rings is 1. The number of ether oxygens (including phenoxy) is 4. The molecule has 8 heteroatoms. The molecule has 196 valence electrons. The summed E-state index contributed by atoms with van der Waals surface area (Å²) in [5, 5.41) is 0. The number of carbonyl (C=O) groups is 1. The zero-order valence-electron chi connectivity index (χ0n) is 21.6. The van der Waals surface area contributed by atoms with E-state index in [-0.39, 0.29) is 18.2 Å². The zero-order chi connectivity index (χ0) is 25.6. The summed E-state index contributed by atoms with van der Waals surface area (Å²) >= 11 is 0. The third-order valence-corrected chi connectivity index (χ3v) is 6.66. The summed E-state index contributed by atoms with van der Waals surface area (Å²) in [6.45, 7) is 9.57.